The van der Waals surface area contributed by atoms with Gasteiger partial charge in [-0.05, 0) is 58.5 Å². The van der Waals surface area contributed by atoms with E-state index in [0.29, 0.717) is 6.61 Å². The van der Waals surface area contributed by atoms with Gasteiger partial charge in [0.15, 0.2) is 6.79 Å². The van der Waals surface area contributed by atoms with Crippen molar-refractivity contribution in [3.8, 4) is 5.75 Å². The molecule has 2 aromatic rings. The molecule has 0 spiro atoms. The fraction of sp³-hybridized carbons (Fsp3) is 0.214. The van der Waals surface area contributed by atoms with Crippen LogP contribution in [0.1, 0.15) is 17.3 Å². The zero-order valence-corrected chi connectivity index (χ0v) is 12.5. The minimum Gasteiger partial charge on any atom is -0.478 e. The van der Waals surface area contributed by atoms with Crippen molar-refractivity contribution in [1.82, 2.24) is 0 Å². The van der Waals surface area contributed by atoms with Gasteiger partial charge in [0.05, 0.1) is 9.13 Å². The van der Waals surface area contributed by atoms with Gasteiger partial charge in [0.2, 0.25) is 0 Å². The van der Waals surface area contributed by atoms with Crippen LogP contribution >= 0.6 is 22.6 Å². The highest BCUT2D eigenvalue weighted by molar-refractivity contribution is 14.1. The van der Waals surface area contributed by atoms with Crippen LogP contribution < -0.4 is 4.74 Å². The zero-order chi connectivity index (χ0) is 13.8. The van der Waals surface area contributed by atoms with Crippen LogP contribution in [0.2, 0.25) is 0 Å². The maximum atomic E-state index is 10.9. The van der Waals surface area contributed by atoms with E-state index in [1.807, 2.05) is 19.1 Å². The van der Waals surface area contributed by atoms with Gasteiger partial charge in [-0.1, -0.05) is 12.1 Å². The predicted octanol–water partition coefficient (Wildman–Crippen LogP) is 3.52. The minimum atomic E-state index is -0.923. The first-order valence-electron chi connectivity index (χ1n) is 5.79. The number of carboxylic acid groups (broad SMARTS) is 1. The second-order valence-electron chi connectivity index (χ2n) is 3.87. The zero-order valence-electron chi connectivity index (χ0n) is 10.4. The first-order chi connectivity index (χ1) is 9.13. The smallest absolute Gasteiger partial charge is 0.335 e. The molecule has 0 unspecified atom stereocenters. The normalized spacial score (nSPS) is 10.6. The first kappa shape index (κ1) is 14.1. The van der Waals surface area contributed by atoms with Crippen LogP contribution in [-0.2, 0) is 4.74 Å². The van der Waals surface area contributed by atoms with Gasteiger partial charge in [-0.2, -0.15) is 0 Å². The SMILES string of the molecule is CCOCOc1ccc2cc(C(=O)O)ccc2c1I. The molecular weight excluding hydrogens is 359 g/mol. The van der Waals surface area contributed by atoms with E-state index >= 15 is 0 Å². The fourth-order valence-corrected chi connectivity index (χ4v) is 2.53. The Morgan fingerprint density at radius 1 is 1.32 bits per heavy atom. The Balaban J connectivity index is 2.36. The summed E-state index contributed by atoms with van der Waals surface area (Å²) in [6.45, 7) is 2.72. The Labute approximate surface area is 124 Å². The first-order valence-corrected chi connectivity index (χ1v) is 6.87. The van der Waals surface area contributed by atoms with E-state index in [-0.39, 0.29) is 12.4 Å². The second kappa shape index (κ2) is 6.21. The summed E-state index contributed by atoms with van der Waals surface area (Å²) in [5, 5.41) is 10.8. The van der Waals surface area contributed by atoms with Crippen molar-refractivity contribution in [1.29, 1.82) is 0 Å². The number of hydrogen-bond donors (Lipinski definition) is 1. The fourth-order valence-electron chi connectivity index (χ4n) is 1.70. The molecule has 0 amide bonds. The van der Waals surface area contributed by atoms with Gasteiger partial charge < -0.3 is 14.6 Å². The van der Waals surface area contributed by atoms with Crippen LogP contribution in [0.4, 0.5) is 0 Å². The molecule has 0 saturated carbocycles. The number of rotatable bonds is 5. The summed E-state index contributed by atoms with van der Waals surface area (Å²) in [5.41, 5.74) is 0.284. The predicted molar refractivity (Wildman–Crippen MR) is 80.7 cm³/mol. The van der Waals surface area contributed by atoms with E-state index in [4.69, 9.17) is 14.6 Å². The molecule has 0 bridgehead atoms. The van der Waals surface area contributed by atoms with Crippen molar-refractivity contribution in [2.24, 2.45) is 0 Å². The summed E-state index contributed by atoms with van der Waals surface area (Å²) in [7, 11) is 0. The molecule has 5 heteroatoms. The van der Waals surface area contributed by atoms with Gasteiger partial charge in [-0.25, -0.2) is 4.79 Å². The van der Waals surface area contributed by atoms with Crippen molar-refractivity contribution in [3.63, 3.8) is 0 Å². The van der Waals surface area contributed by atoms with E-state index in [2.05, 4.69) is 22.6 Å². The van der Waals surface area contributed by atoms with E-state index < -0.39 is 5.97 Å². The van der Waals surface area contributed by atoms with Gasteiger partial charge in [0.25, 0.3) is 0 Å². The monoisotopic (exact) mass is 372 g/mol. The van der Waals surface area contributed by atoms with Crippen molar-refractivity contribution >= 4 is 39.3 Å². The third-order valence-electron chi connectivity index (χ3n) is 2.67. The van der Waals surface area contributed by atoms with Crippen molar-refractivity contribution in [2.75, 3.05) is 13.4 Å². The number of benzene rings is 2. The van der Waals surface area contributed by atoms with E-state index in [1.54, 1.807) is 18.2 Å². The average molecular weight is 372 g/mol. The van der Waals surface area contributed by atoms with Gasteiger partial charge in [-0.15, -0.1) is 0 Å². The van der Waals surface area contributed by atoms with Gasteiger partial charge in [-0.3, -0.25) is 0 Å². The highest BCUT2D eigenvalue weighted by atomic mass is 127. The number of fused-ring (bicyclic) bond motifs is 1. The standard InChI is InChI=1S/C14H13IO4/c1-2-18-8-19-12-6-4-9-7-10(14(16)17)3-5-11(9)13(12)15/h3-7H,2,8H2,1H3,(H,16,17). The van der Waals surface area contributed by atoms with Crippen LogP contribution in [0.5, 0.6) is 5.75 Å². The van der Waals surface area contributed by atoms with E-state index in [9.17, 15) is 4.79 Å². The lowest BCUT2D eigenvalue weighted by molar-refractivity contribution is 0.0220. The van der Waals surface area contributed by atoms with Crippen LogP contribution in [0.3, 0.4) is 0 Å². The molecule has 2 rings (SSSR count). The van der Waals surface area contributed by atoms with Crippen LogP contribution in [0, 0.1) is 3.57 Å². The number of carbonyl (C=O) groups is 1. The summed E-state index contributed by atoms with van der Waals surface area (Å²) in [6, 6.07) is 8.74. The molecule has 100 valence electrons. The molecular formula is C14H13IO4. The molecule has 0 aliphatic heterocycles. The molecule has 0 radical (unpaired) electrons. The summed E-state index contributed by atoms with van der Waals surface area (Å²) >= 11 is 2.19. The molecule has 0 atom stereocenters. The Bertz CT molecular complexity index is 610. The summed E-state index contributed by atoms with van der Waals surface area (Å²) < 4.78 is 11.6. The summed E-state index contributed by atoms with van der Waals surface area (Å²) in [6.07, 6.45) is 0. The van der Waals surface area contributed by atoms with Gasteiger partial charge in [0, 0.05) is 6.61 Å². The number of aromatic carboxylic acids is 1. The van der Waals surface area contributed by atoms with E-state index in [0.717, 1.165) is 20.1 Å². The van der Waals surface area contributed by atoms with Crippen molar-refractivity contribution < 1.29 is 19.4 Å². The number of hydrogen-bond acceptors (Lipinski definition) is 3. The minimum absolute atomic E-state index is 0.214. The summed E-state index contributed by atoms with van der Waals surface area (Å²) in [4.78, 5) is 10.9. The molecule has 0 heterocycles. The van der Waals surface area contributed by atoms with Crippen LogP contribution in [0.25, 0.3) is 10.8 Å². The van der Waals surface area contributed by atoms with Crippen LogP contribution in [-0.4, -0.2) is 24.5 Å². The highest BCUT2D eigenvalue weighted by Crippen LogP contribution is 2.30. The highest BCUT2D eigenvalue weighted by Gasteiger charge is 2.09. The lowest BCUT2D eigenvalue weighted by Crippen LogP contribution is -2.03. The number of halogens is 1. The average Bonchev–Trinajstić information content (AvgIpc) is 2.41. The largest absolute Gasteiger partial charge is 0.478 e. The quantitative estimate of drug-likeness (QED) is 0.496. The molecule has 0 aliphatic rings. The topological polar surface area (TPSA) is 55.8 Å². The molecule has 0 fully saturated rings. The van der Waals surface area contributed by atoms with E-state index in [1.165, 1.54) is 0 Å². The molecule has 0 aliphatic carbocycles. The third kappa shape index (κ3) is 3.16. The van der Waals surface area contributed by atoms with Gasteiger partial charge in [0.1, 0.15) is 5.75 Å². The summed E-state index contributed by atoms with van der Waals surface area (Å²) in [5.74, 6) is -0.182. The Kier molecular flexibility index (Phi) is 4.60. The molecule has 0 saturated heterocycles. The lowest BCUT2D eigenvalue weighted by atomic mass is 10.1. The van der Waals surface area contributed by atoms with Gasteiger partial charge >= 0.3 is 5.97 Å². The Morgan fingerprint density at radius 2 is 2.11 bits per heavy atom. The number of ether oxygens (including phenoxy) is 2. The van der Waals surface area contributed by atoms with Crippen molar-refractivity contribution in [3.05, 3.63) is 39.5 Å². The maximum Gasteiger partial charge on any atom is 0.335 e. The van der Waals surface area contributed by atoms with Crippen molar-refractivity contribution in [2.45, 2.75) is 6.92 Å². The Morgan fingerprint density at radius 3 is 2.79 bits per heavy atom. The third-order valence-corrected chi connectivity index (χ3v) is 3.78. The second-order valence-corrected chi connectivity index (χ2v) is 4.95. The molecule has 2 aromatic carbocycles. The molecule has 1 N–H and O–H groups in total. The molecule has 4 nitrogen and oxygen atoms in total. The maximum absolute atomic E-state index is 10.9. The van der Waals surface area contributed by atoms with Crippen LogP contribution in [0.15, 0.2) is 30.3 Å². The lowest BCUT2D eigenvalue weighted by Gasteiger charge is -2.10. The molecule has 19 heavy (non-hydrogen) atoms. The number of carboxylic acids is 1. The molecule has 0 aromatic heterocycles. The Hall–Kier alpha value is -1.34.